The van der Waals surface area contributed by atoms with E-state index in [-0.39, 0.29) is 56.6 Å². The summed E-state index contributed by atoms with van der Waals surface area (Å²) in [7, 11) is 0. The Kier molecular flexibility index (Phi) is 21.0. The maximum atomic E-state index is 13.6. The van der Waals surface area contributed by atoms with Gasteiger partial charge < -0.3 is 62.5 Å². The summed E-state index contributed by atoms with van der Waals surface area (Å²) in [6.07, 6.45) is -8.75. The Labute approximate surface area is 447 Å². The van der Waals surface area contributed by atoms with Crippen molar-refractivity contribution >= 4 is 12.1 Å². The topological polar surface area (TPSA) is 170 Å². The third-order valence-corrected chi connectivity index (χ3v) is 15.0. The quantitative estimate of drug-likeness (QED) is 0.0595. The van der Waals surface area contributed by atoms with Crippen molar-refractivity contribution in [3.63, 3.8) is 0 Å². The fraction of sp³-hybridized carbons (Fsp3) is 0.475. The molecule has 3 heterocycles. The predicted octanol–water partition coefficient (Wildman–Crippen LogP) is 8.98. The van der Waals surface area contributed by atoms with Crippen LogP contribution in [0.2, 0.25) is 0 Å². The molecule has 408 valence electrons. The number of hydrogen-bond acceptors (Lipinski definition) is 14. The first-order valence-electron chi connectivity index (χ1n) is 26.6. The predicted molar refractivity (Wildman–Crippen MR) is 282 cm³/mol. The number of nitrogens with zero attached hydrogens (tertiary/aromatic N) is 1. The highest BCUT2D eigenvalue weighted by atomic mass is 16.8. The van der Waals surface area contributed by atoms with Crippen molar-refractivity contribution in [2.45, 2.75) is 123 Å². The van der Waals surface area contributed by atoms with E-state index in [9.17, 15) is 19.8 Å². The molecule has 1 amide bonds. The van der Waals surface area contributed by atoms with Gasteiger partial charge in [-0.2, -0.15) is 0 Å². The summed E-state index contributed by atoms with van der Waals surface area (Å²) in [4.78, 5) is 28.8. The van der Waals surface area contributed by atoms with Crippen molar-refractivity contribution in [2.24, 2.45) is 29.6 Å². The van der Waals surface area contributed by atoms with Crippen LogP contribution >= 0.6 is 0 Å². The van der Waals surface area contributed by atoms with Gasteiger partial charge in [0.05, 0.1) is 63.5 Å². The highest BCUT2D eigenvalue weighted by molar-refractivity contribution is 5.89. The molecule has 3 aliphatic heterocycles. The van der Waals surface area contributed by atoms with Crippen LogP contribution in [0.4, 0.5) is 4.79 Å². The molecule has 15 nitrogen and oxygen atoms in total. The molecule has 5 aromatic rings. The summed E-state index contributed by atoms with van der Waals surface area (Å²) in [5.74, 6) is -2.10. The zero-order valence-corrected chi connectivity index (χ0v) is 44.2. The van der Waals surface area contributed by atoms with E-state index >= 15 is 0 Å². The highest BCUT2D eigenvalue weighted by Crippen LogP contribution is 2.41. The van der Waals surface area contributed by atoms with Gasteiger partial charge in [0.2, 0.25) is 0 Å². The number of carbonyl (C=O) groups is 2. The van der Waals surface area contributed by atoms with E-state index in [4.69, 9.17) is 47.4 Å². The molecule has 76 heavy (non-hydrogen) atoms. The number of aliphatic hydroxyl groups is 2. The summed E-state index contributed by atoms with van der Waals surface area (Å²) in [5.41, 5.74) is 4.18. The third-order valence-electron chi connectivity index (χ3n) is 15.0. The fourth-order valence-electron chi connectivity index (χ4n) is 10.0. The zero-order chi connectivity index (χ0) is 53.4. The summed E-state index contributed by atoms with van der Waals surface area (Å²) < 4.78 is 65.3. The largest absolute Gasteiger partial charge is 0.453 e. The Morgan fingerprint density at radius 2 is 0.961 bits per heavy atom. The Morgan fingerprint density at radius 1 is 0.513 bits per heavy atom. The number of ether oxygens (including phenoxy) is 10. The lowest BCUT2D eigenvalue weighted by atomic mass is 9.82. The molecule has 0 bridgehead atoms. The molecule has 8 rings (SSSR count). The molecule has 2 N–H and O–H groups in total. The van der Waals surface area contributed by atoms with E-state index < -0.39 is 86.2 Å². The molecule has 3 aliphatic rings. The second kappa shape index (κ2) is 28.2. The maximum absolute atomic E-state index is 13.6. The molecule has 0 aromatic heterocycles. The smallest absolute Gasteiger partial charge is 0.410 e. The molecule has 5 aromatic carbocycles. The number of rotatable bonds is 23. The van der Waals surface area contributed by atoms with Gasteiger partial charge in [-0.15, -0.1) is 0 Å². The highest BCUT2D eigenvalue weighted by Gasteiger charge is 2.52. The van der Waals surface area contributed by atoms with Crippen LogP contribution in [-0.2, 0) is 73.7 Å². The number of esters is 1. The molecule has 0 radical (unpaired) electrons. The molecular formula is C61H75NO14. The van der Waals surface area contributed by atoms with Crippen LogP contribution in [-0.4, -0.2) is 122 Å². The first kappa shape index (κ1) is 56.6. The Morgan fingerprint density at radius 3 is 1.49 bits per heavy atom. The maximum Gasteiger partial charge on any atom is 0.410 e. The lowest BCUT2D eigenvalue weighted by molar-refractivity contribution is -0.359. The van der Waals surface area contributed by atoms with Crippen LogP contribution in [0.15, 0.2) is 152 Å². The lowest BCUT2D eigenvalue weighted by Crippen LogP contribution is -2.61. The zero-order valence-electron chi connectivity index (χ0n) is 44.2. The summed E-state index contributed by atoms with van der Waals surface area (Å²) >= 11 is 0. The van der Waals surface area contributed by atoms with Crippen LogP contribution < -0.4 is 0 Å². The van der Waals surface area contributed by atoms with Gasteiger partial charge in [0.1, 0.15) is 24.9 Å². The van der Waals surface area contributed by atoms with Gasteiger partial charge in [-0.05, 0) is 46.2 Å². The third kappa shape index (κ3) is 15.1. The molecule has 15 atom stereocenters. The van der Waals surface area contributed by atoms with Gasteiger partial charge in [-0.1, -0.05) is 174 Å². The van der Waals surface area contributed by atoms with Crippen molar-refractivity contribution in [3.05, 3.63) is 179 Å². The molecule has 3 saturated heterocycles. The number of hydrogen-bond donors (Lipinski definition) is 2. The van der Waals surface area contributed by atoms with Gasteiger partial charge in [0.15, 0.2) is 25.0 Å². The normalized spacial score (nSPS) is 29.5. The van der Waals surface area contributed by atoms with E-state index in [1.807, 2.05) is 128 Å². The Bertz CT molecular complexity index is 2480. The van der Waals surface area contributed by atoms with E-state index in [0.29, 0.717) is 25.3 Å². The van der Waals surface area contributed by atoms with Gasteiger partial charge in [0.25, 0.3) is 0 Å². The van der Waals surface area contributed by atoms with Crippen molar-refractivity contribution in [3.8, 4) is 0 Å². The molecule has 15 heteroatoms. The van der Waals surface area contributed by atoms with Crippen molar-refractivity contribution < 1.29 is 67.2 Å². The van der Waals surface area contributed by atoms with Gasteiger partial charge in [-0.25, -0.2) is 9.59 Å². The van der Waals surface area contributed by atoms with Crippen molar-refractivity contribution in [2.75, 3.05) is 33.0 Å². The minimum Gasteiger partial charge on any atom is -0.453 e. The monoisotopic (exact) mass is 1050 g/mol. The van der Waals surface area contributed by atoms with E-state index in [0.717, 1.165) is 22.3 Å². The van der Waals surface area contributed by atoms with E-state index in [1.54, 1.807) is 42.2 Å². The molecule has 0 saturated carbocycles. The van der Waals surface area contributed by atoms with Crippen LogP contribution in [0.3, 0.4) is 0 Å². The van der Waals surface area contributed by atoms with Crippen molar-refractivity contribution in [1.29, 1.82) is 0 Å². The summed E-state index contributed by atoms with van der Waals surface area (Å²) in [6.45, 7) is 11.4. The van der Waals surface area contributed by atoms with E-state index in [1.165, 1.54) is 0 Å². The van der Waals surface area contributed by atoms with Crippen LogP contribution in [0.1, 0.15) is 67.2 Å². The minimum atomic E-state index is -1.18. The second-order valence-corrected chi connectivity index (χ2v) is 20.4. The average molecular weight is 1050 g/mol. The molecule has 6 unspecified atom stereocenters. The molecular weight excluding hydrogens is 971 g/mol. The number of aliphatic hydroxyl groups excluding tert-OH is 2. The SMILES string of the molecule is CC1[C@@H](O[C@H]2C(COCc3ccccc3)O[C@H](OCCN(Cc3ccccc3)C(=O)OCc3ccccc3)C(C)[C@H]2C)OC(COCc2ccccc2)[C@@H](O[C@@H]2OC(CO)[C@@H](O)[C@H](C)C2OC(=O)c2ccccc2)[C@@H]1C. The molecule has 0 spiro atoms. The average Bonchev–Trinajstić information content (AvgIpc) is 3.48. The Hall–Kier alpha value is -5.56. The summed E-state index contributed by atoms with van der Waals surface area (Å²) in [6, 6.07) is 47.7. The molecule has 3 fully saturated rings. The van der Waals surface area contributed by atoms with Crippen LogP contribution in [0.5, 0.6) is 0 Å². The first-order valence-corrected chi connectivity index (χ1v) is 26.6. The Balaban J connectivity index is 0.993. The number of carbonyl (C=O) groups excluding carboxylic acids is 2. The van der Waals surface area contributed by atoms with Crippen LogP contribution in [0.25, 0.3) is 0 Å². The van der Waals surface area contributed by atoms with Crippen LogP contribution in [0, 0.1) is 29.6 Å². The minimum absolute atomic E-state index is 0.104. The van der Waals surface area contributed by atoms with Gasteiger partial charge in [-0.3, -0.25) is 0 Å². The second-order valence-electron chi connectivity index (χ2n) is 20.4. The first-order chi connectivity index (χ1) is 37.0. The molecule has 0 aliphatic carbocycles. The lowest BCUT2D eigenvalue weighted by Gasteiger charge is -2.50. The van der Waals surface area contributed by atoms with Crippen molar-refractivity contribution in [1.82, 2.24) is 4.90 Å². The van der Waals surface area contributed by atoms with Gasteiger partial charge in [0, 0.05) is 30.8 Å². The van der Waals surface area contributed by atoms with E-state index in [2.05, 4.69) is 20.8 Å². The number of benzene rings is 5. The standard InChI is InChI=1S/C61H75NO14/c1-40-42(3)58(69-32-31-62(33-45-21-11-6-12-22-45)61(66)70-37-48-27-17-9-18-28-48)72-51(38-67-35-46-23-13-7-14-24-46)54(40)75-59-43(4)41(2)55(52(73-59)39-68-36-47-25-15-8-16-26-47)76-60-56(44(5)53(64)50(34-63)71-60)74-57(65)49-29-19-10-20-30-49/h6-30,40-44,50-56,58-60,63-64H,31-39H2,1-5H3/t40-,41-,42?,43?,44+,50?,51?,52?,53+,54-,55+,56?,58+,59-,60+/m1/s1. The fourth-order valence-corrected chi connectivity index (χ4v) is 10.0. The summed E-state index contributed by atoms with van der Waals surface area (Å²) in [5, 5.41) is 21.5. The number of amides is 1. The van der Waals surface area contributed by atoms with Gasteiger partial charge >= 0.3 is 12.1 Å².